The molecule has 0 bridgehead atoms. The summed E-state index contributed by atoms with van der Waals surface area (Å²) in [4.78, 5) is 0. The monoisotopic (exact) mass is 286 g/mol. The predicted molar refractivity (Wildman–Crippen MR) is 81.3 cm³/mol. The Balaban J connectivity index is 2.14. The second kappa shape index (κ2) is 6.65. The highest BCUT2D eigenvalue weighted by Gasteiger charge is 2.10. The van der Waals surface area contributed by atoms with Gasteiger partial charge in [0.1, 0.15) is 29.7 Å². The summed E-state index contributed by atoms with van der Waals surface area (Å²) in [5, 5.41) is 7.35. The van der Waals surface area contributed by atoms with Gasteiger partial charge in [0.25, 0.3) is 0 Å². The number of methoxy groups -OCH3 is 2. The molecule has 3 N–H and O–H groups in total. The largest absolute Gasteiger partial charge is 0.496 e. The van der Waals surface area contributed by atoms with Crippen LogP contribution in [0.4, 0.5) is 0 Å². The van der Waals surface area contributed by atoms with Crippen LogP contribution in [0.2, 0.25) is 0 Å². The van der Waals surface area contributed by atoms with Crippen molar-refractivity contribution in [1.29, 1.82) is 5.41 Å². The molecule has 5 heteroatoms. The molecule has 2 aromatic carbocycles. The van der Waals surface area contributed by atoms with Crippen molar-refractivity contribution in [1.82, 2.24) is 0 Å². The Morgan fingerprint density at radius 2 is 1.57 bits per heavy atom. The third kappa shape index (κ3) is 3.45. The summed E-state index contributed by atoms with van der Waals surface area (Å²) in [5.74, 6) is 2.16. The van der Waals surface area contributed by atoms with Crippen LogP contribution in [-0.2, 0) is 6.61 Å². The van der Waals surface area contributed by atoms with Crippen LogP contribution in [0.3, 0.4) is 0 Å². The summed E-state index contributed by atoms with van der Waals surface area (Å²) in [5.41, 5.74) is 6.92. The Kier molecular flexibility index (Phi) is 4.66. The second-order valence-corrected chi connectivity index (χ2v) is 4.37. The van der Waals surface area contributed by atoms with Crippen molar-refractivity contribution in [2.24, 2.45) is 5.73 Å². The van der Waals surface area contributed by atoms with Crippen molar-refractivity contribution in [3.8, 4) is 17.2 Å². The molecule has 0 aliphatic rings. The van der Waals surface area contributed by atoms with Crippen LogP contribution in [0.15, 0.2) is 42.5 Å². The average Bonchev–Trinajstić information content (AvgIpc) is 2.52. The van der Waals surface area contributed by atoms with Gasteiger partial charge in [0.15, 0.2) is 0 Å². The smallest absolute Gasteiger partial charge is 0.129 e. The maximum Gasteiger partial charge on any atom is 0.129 e. The van der Waals surface area contributed by atoms with Crippen molar-refractivity contribution < 1.29 is 14.2 Å². The van der Waals surface area contributed by atoms with Crippen molar-refractivity contribution in [2.45, 2.75) is 6.61 Å². The van der Waals surface area contributed by atoms with E-state index in [9.17, 15) is 0 Å². The molecule has 0 radical (unpaired) electrons. The molecule has 0 heterocycles. The zero-order chi connectivity index (χ0) is 15.2. The highest BCUT2D eigenvalue weighted by molar-refractivity contribution is 5.94. The van der Waals surface area contributed by atoms with Gasteiger partial charge in [-0.25, -0.2) is 0 Å². The Bertz CT molecular complexity index is 602. The van der Waals surface area contributed by atoms with Crippen LogP contribution in [0.25, 0.3) is 0 Å². The van der Waals surface area contributed by atoms with Gasteiger partial charge in [0.05, 0.1) is 19.8 Å². The van der Waals surface area contributed by atoms with Crippen molar-refractivity contribution in [2.75, 3.05) is 14.2 Å². The molecule has 0 aromatic heterocycles. The number of nitrogen functional groups attached to an aromatic ring is 1. The quantitative estimate of drug-likeness (QED) is 0.632. The van der Waals surface area contributed by atoms with E-state index in [0.29, 0.717) is 17.9 Å². The van der Waals surface area contributed by atoms with Crippen LogP contribution in [0.5, 0.6) is 17.2 Å². The Morgan fingerprint density at radius 3 is 2.05 bits per heavy atom. The summed E-state index contributed by atoms with van der Waals surface area (Å²) in [6, 6.07) is 12.6. The number of benzene rings is 2. The van der Waals surface area contributed by atoms with Crippen LogP contribution in [-0.4, -0.2) is 20.1 Å². The first-order chi connectivity index (χ1) is 10.2. The van der Waals surface area contributed by atoms with Gasteiger partial charge >= 0.3 is 0 Å². The summed E-state index contributed by atoms with van der Waals surface area (Å²) in [7, 11) is 3.22. The maximum absolute atomic E-state index is 7.35. The van der Waals surface area contributed by atoms with E-state index in [0.717, 1.165) is 17.1 Å². The summed E-state index contributed by atoms with van der Waals surface area (Å²) in [6.07, 6.45) is 0. The fourth-order valence-electron chi connectivity index (χ4n) is 1.96. The highest BCUT2D eigenvalue weighted by atomic mass is 16.5. The molecular formula is C16H18N2O3. The van der Waals surface area contributed by atoms with Gasteiger partial charge < -0.3 is 19.9 Å². The second-order valence-electron chi connectivity index (χ2n) is 4.37. The van der Waals surface area contributed by atoms with Gasteiger partial charge in [-0.3, -0.25) is 5.41 Å². The van der Waals surface area contributed by atoms with Crippen LogP contribution >= 0.6 is 0 Å². The van der Waals surface area contributed by atoms with Crippen molar-refractivity contribution >= 4 is 5.84 Å². The van der Waals surface area contributed by atoms with E-state index in [1.54, 1.807) is 38.5 Å². The van der Waals surface area contributed by atoms with E-state index in [2.05, 4.69) is 0 Å². The van der Waals surface area contributed by atoms with Gasteiger partial charge in [0.2, 0.25) is 0 Å². The van der Waals surface area contributed by atoms with E-state index < -0.39 is 0 Å². The van der Waals surface area contributed by atoms with E-state index in [1.165, 1.54) is 0 Å². The van der Waals surface area contributed by atoms with E-state index in [-0.39, 0.29) is 5.84 Å². The summed E-state index contributed by atoms with van der Waals surface area (Å²) in [6.45, 7) is 0.326. The number of rotatable bonds is 6. The lowest BCUT2D eigenvalue weighted by molar-refractivity contribution is 0.286. The minimum atomic E-state index is 0.0351. The zero-order valence-corrected chi connectivity index (χ0v) is 12.1. The predicted octanol–water partition coefficient (Wildman–Crippen LogP) is 2.57. The summed E-state index contributed by atoms with van der Waals surface area (Å²) < 4.78 is 16.4. The average molecular weight is 286 g/mol. The molecule has 0 amide bonds. The molecule has 0 atom stereocenters. The lowest BCUT2D eigenvalue weighted by Crippen LogP contribution is -2.10. The zero-order valence-electron chi connectivity index (χ0n) is 12.1. The van der Waals surface area contributed by atoms with Gasteiger partial charge in [0, 0.05) is 5.56 Å². The Morgan fingerprint density at radius 1 is 1.00 bits per heavy atom. The molecule has 0 aliphatic carbocycles. The molecular weight excluding hydrogens is 268 g/mol. The molecule has 110 valence electrons. The lowest BCUT2D eigenvalue weighted by Gasteiger charge is -2.14. The minimum absolute atomic E-state index is 0.0351. The van der Waals surface area contributed by atoms with Crippen molar-refractivity contribution in [3.63, 3.8) is 0 Å². The van der Waals surface area contributed by atoms with Gasteiger partial charge in [-0.15, -0.1) is 0 Å². The normalized spacial score (nSPS) is 10.0. The molecule has 5 nitrogen and oxygen atoms in total. The van der Waals surface area contributed by atoms with Crippen LogP contribution < -0.4 is 19.9 Å². The number of nitrogens with one attached hydrogen (secondary N) is 1. The number of nitrogens with two attached hydrogens (primary N) is 1. The number of ether oxygens (including phenoxy) is 3. The van der Waals surface area contributed by atoms with Crippen molar-refractivity contribution in [3.05, 3.63) is 53.6 Å². The van der Waals surface area contributed by atoms with E-state index in [4.69, 9.17) is 25.4 Å². The third-order valence-electron chi connectivity index (χ3n) is 3.08. The molecule has 0 unspecified atom stereocenters. The molecule has 2 rings (SSSR count). The number of hydrogen-bond acceptors (Lipinski definition) is 4. The van der Waals surface area contributed by atoms with Crippen LogP contribution in [0, 0.1) is 5.41 Å². The molecule has 0 fully saturated rings. The minimum Gasteiger partial charge on any atom is -0.496 e. The highest BCUT2D eigenvalue weighted by Crippen LogP contribution is 2.29. The van der Waals surface area contributed by atoms with Gasteiger partial charge in [-0.2, -0.15) is 0 Å². The Hall–Kier alpha value is -2.69. The first-order valence-corrected chi connectivity index (χ1v) is 6.43. The lowest BCUT2D eigenvalue weighted by atomic mass is 10.2. The van der Waals surface area contributed by atoms with Gasteiger partial charge in [-0.1, -0.05) is 6.07 Å². The fourth-order valence-corrected chi connectivity index (χ4v) is 1.96. The SMILES string of the molecule is COc1cccc(OC)c1COc1ccc(C(=N)N)cc1. The third-order valence-corrected chi connectivity index (χ3v) is 3.08. The molecule has 0 saturated carbocycles. The standard InChI is InChI=1S/C16H18N2O3/c1-19-14-4-3-5-15(20-2)13(14)10-21-12-8-6-11(7-9-12)16(17)18/h3-9H,10H2,1-2H3,(H3,17,18). The molecule has 0 aliphatic heterocycles. The molecule has 0 spiro atoms. The maximum atomic E-state index is 7.35. The molecule has 21 heavy (non-hydrogen) atoms. The van der Waals surface area contributed by atoms with E-state index in [1.807, 2.05) is 18.2 Å². The Labute approximate surface area is 123 Å². The number of amidine groups is 1. The fraction of sp³-hybridized carbons (Fsp3) is 0.188. The summed E-state index contributed by atoms with van der Waals surface area (Å²) >= 11 is 0. The van der Waals surface area contributed by atoms with E-state index >= 15 is 0 Å². The molecule has 2 aromatic rings. The molecule has 0 saturated heterocycles. The van der Waals surface area contributed by atoms with Crippen LogP contribution in [0.1, 0.15) is 11.1 Å². The van der Waals surface area contributed by atoms with Gasteiger partial charge in [-0.05, 0) is 36.4 Å². The first kappa shape index (κ1) is 14.7. The first-order valence-electron chi connectivity index (χ1n) is 6.43. The number of hydrogen-bond donors (Lipinski definition) is 2. The topological polar surface area (TPSA) is 77.6 Å².